The number of carboxylic acid groups (broad SMARTS) is 1. The van der Waals surface area contributed by atoms with Crippen molar-refractivity contribution in [1.29, 1.82) is 0 Å². The molecule has 1 aliphatic rings. The number of carbonyl (C=O) groups is 1. The van der Waals surface area contributed by atoms with Gasteiger partial charge < -0.3 is 19.5 Å². The number of carboxylic acids is 1. The van der Waals surface area contributed by atoms with E-state index < -0.39 is 23.5 Å². The number of aliphatic carboxylic acids is 1. The van der Waals surface area contributed by atoms with Crippen LogP contribution in [0.1, 0.15) is 70.4 Å². The standard InChI is InChI=1S/C32H39ClFN3O4/c1-20-26(28(30(38)39)41-31(2,3)4)27(37-14-12-32(5,6)13-15-37)23(19-35-20)22-17-25(34)29(36-18-22)40-16-11-21-9-7-8-10-24(21)33/h7-10,17-19,28H,11-16H2,1-6H3,(H,38,39)/t28-/m0/s1. The highest BCUT2D eigenvalue weighted by molar-refractivity contribution is 6.31. The molecule has 1 atom stereocenters. The minimum Gasteiger partial charge on any atom is -0.479 e. The van der Waals surface area contributed by atoms with E-state index in [-0.39, 0.29) is 17.9 Å². The van der Waals surface area contributed by atoms with Crippen molar-refractivity contribution in [2.24, 2.45) is 5.41 Å². The quantitative estimate of drug-likeness (QED) is 0.280. The molecule has 0 amide bonds. The number of piperidine rings is 1. The molecule has 3 aromatic rings. The summed E-state index contributed by atoms with van der Waals surface area (Å²) in [6.45, 7) is 13.4. The van der Waals surface area contributed by atoms with Crippen LogP contribution >= 0.6 is 11.6 Å². The maximum atomic E-state index is 15.3. The van der Waals surface area contributed by atoms with Crippen LogP contribution in [0.2, 0.25) is 5.02 Å². The van der Waals surface area contributed by atoms with Crippen molar-refractivity contribution >= 4 is 23.3 Å². The van der Waals surface area contributed by atoms with E-state index in [0.29, 0.717) is 39.5 Å². The Kier molecular flexibility index (Phi) is 9.24. The van der Waals surface area contributed by atoms with Crippen LogP contribution < -0.4 is 9.64 Å². The summed E-state index contributed by atoms with van der Waals surface area (Å²) in [7, 11) is 0. The van der Waals surface area contributed by atoms with Crippen molar-refractivity contribution in [2.45, 2.75) is 72.5 Å². The van der Waals surface area contributed by atoms with Gasteiger partial charge in [0.2, 0.25) is 5.88 Å². The van der Waals surface area contributed by atoms with Gasteiger partial charge >= 0.3 is 5.97 Å². The number of hydrogen-bond acceptors (Lipinski definition) is 6. The van der Waals surface area contributed by atoms with Gasteiger partial charge in [-0.25, -0.2) is 14.2 Å². The average molecular weight is 584 g/mol. The van der Waals surface area contributed by atoms with Gasteiger partial charge in [0.05, 0.1) is 17.9 Å². The molecule has 0 bridgehead atoms. The molecule has 4 rings (SSSR count). The Morgan fingerprint density at radius 1 is 1.17 bits per heavy atom. The summed E-state index contributed by atoms with van der Waals surface area (Å²) in [4.78, 5) is 23.6. The lowest BCUT2D eigenvalue weighted by molar-refractivity contribution is -0.160. The smallest absolute Gasteiger partial charge is 0.337 e. The molecule has 0 radical (unpaired) electrons. The SMILES string of the molecule is Cc1ncc(-c2cnc(OCCc3ccccc3Cl)c(F)c2)c(N2CCC(C)(C)CC2)c1[C@H](OC(C)(C)C)C(=O)O. The van der Waals surface area contributed by atoms with Crippen LogP contribution in [-0.2, 0) is 16.0 Å². The van der Waals surface area contributed by atoms with E-state index in [1.165, 1.54) is 6.07 Å². The molecule has 0 spiro atoms. The molecule has 0 aliphatic carbocycles. The van der Waals surface area contributed by atoms with E-state index >= 15 is 4.39 Å². The number of aromatic nitrogens is 2. The van der Waals surface area contributed by atoms with E-state index in [1.807, 2.05) is 39.0 Å². The Labute approximate surface area is 246 Å². The fourth-order valence-electron chi connectivity index (χ4n) is 5.03. The summed E-state index contributed by atoms with van der Waals surface area (Å²) in [6, 6.07) is 8.81. The number of halogens is 2. The zero-order valence-corrected chi connectivity index (χ0v) is 25.4. The van der Waals surface area contributed by atoms with Gasteiger partial charge in [-0.3, -0.25) is 4.98 Å². The summed E-state index contributed by atoms with van der Waals surface area (Å²) in [6.07, 6.45) is 4.32. The van der Waals surface area contributed by atoms with Gasteiger partial charge in [0, 0.05) is 59.3 Å². The van der Waals surface area contributed by atoms with Gasteiger partial charge in [-0.2, -0.15) is 0 Å². The van der Waals surface area contributed by atoms with Crippen LogP contribution in [0.3, 0.4) is 0 Å². The van der Waals surface area contributed by atoms with Crippen molar-refractivity contribution in [1.82, 2.24) is 9.97 Å². The second-order valence-electron chi connectivity index (χ2n) is 12.3. The van der Waals surface area contributed by atoms with Crippen LogP contribution in [-0.4, -0.2) is 46.3 Å². The number of benzene rings is 1. The highest BCUT2D eigenvalue weighted by atomic mass is 35.5. The van der Waals surface area contributed by atoms with Gasteiger partial charge in [-0.15, -0.1) is 0 Å². The first kappa shape index (κ1) is 30.7. The summed E-state index contributed by atoms with van der Waals surface area (Å²) in [5.74, 6) is -1.83. The van der Waals surface area contributed by atoms with Crippen molar-refractivity contribution in [2.75, 3.05) is 24.6 Å². The molecule has 1 fully saturated rings. The first-order valence-corrected chi connectivity index (χ1v) is 14.3. The van der Waals surface area contributed by atoms with Crippen molar-refractivity contribution < 1.29 is 23.8 Å². The Morgan fingerprint density at radius 2 is 1.85 bits per heavy atom. The summed E-state index contributed by atoms with van der Waals surface area (Å²) >= 11 is 6.22. The number of rotatable bonds is 9. The van der Waals surface area contributed by atoms with Crippen LogP contribution in [0.4, 0.5) is 10.1 Å². The lowest BCUT2D eigenvalue weighted by Crippen LogP contribution is -2.39. The third-order valence-electron chi connectivity index (χ3n) is 7.36. The van der Waals surface area contributed by atoms with E-state index in [9.17, 15) is 9.90 Å². The highest BCUT2D eigenvalue weighted by Crippen LogP contribution is 2.43. The Hall–Kier alpha value is -3.23. The van der Waals surface area contributed by atoms with Crippen LogP contribution in [0.15, 0.2) is 42.7 Å². The second kappa shape index (κ2) is 12.3. The largest absolute Gasteiger partial charge is 0.479 e. The van der Waals surface area contributed by atoms with Crippen molar-refractivity contribution in [3.05, 3.63) is 70.4 Å². The fourth-order valence-corrected chi connectivity index (χ4v) is 5.26. The number of aryl methyl sites for hydroxylation is 1. The van der Waals surface area contributed by atoms with Crippen LogP contribution in [0.5, 0.6) is 5.88 Å². The van der Waals surface area contributed by atoms with Crippen molar-refractivity contribution in [3.63, 3.8) is 0 Å². The van der Waals surface area contributed by atoms with Gasteiger partial charge in [0.15, 0.2) is 11.9 Å². The number of pyridine rings is 2. The molecule has 0 unspecified atom stereocenters. The average Bonchev–Trinajstić information content (AvgIpc) is 2.89. The van der Waals surface area contributed by atoms with Crippen LogP contribution in [0.25, 0.3) is 11.1 Å². The first-order valence-electron chi connectivity index (χ1n) is 13.9. The Balaban J connectivity index is 1.72. The third kappa shape index (κ3) is 7.54. The first-order chi connectivity index (χ1) is 19.3. The maximum absolute atomic E-state index is 15.3. The van der Waals surface area contributed by atoms with E-state index in [2.05, 4.69) is 28.7 Å². The minimum atomic E-state index is -1.25. The normalized spacial score (nSPS) is 16.0. The summed E-state index contributed by atoms with van der Waals surface area (Å²) in [5.41, 5.74) is 3.16. The molecule has 41 heavy (non-hydrogen) atoms. The van der Waals surface area contributed by atoms with Gasteiger partial charge in [-0.1, -0.05) is 43.6 Å². The molecule has 2 aromatic heterocycles. The van der Waals surface area contributed by atoms with Gasteiger partial charge in [0.25, 0.3) is 0 Å². The topological polar surface area (TPSA) is 84.8 Å². The molecule has 1 aromatic carbocycles. The fraction of sp³-hybridized carbons (Fsp3) is 0.469. The molecule has 1 saturated heterocycles. The molecule has 3 heterocycles. The lowest BCUT2D eigenvalue weighted by Gasteiger charge is -2.40. The predicted octanol–water partition coefficient (Wildman–Crippen LogP) is 7.43. The number of anilines is 1. The highest BCUT2D eigenvalue weighted by Gasteiger charge is 2.36. The molecule has 0 saturated carbocycles. The molecule has 1 aliphatic heterocycles. The zero-order chi connectivity index (χ0) is 29.9. The second-order valence-corrected chi connectivity index (χ2v) is 12.7. The van der Waals surface area contributed by atoms with Gasteiger partial charge in [-0.05, 0) is 63.6 Å². The maximum Gasteiger partial charge on any atom is 0.337 e. The number of nitrogens with zero attached hydrogens (tertiary/aromatic N) is 3. The van der Waals surface area contributed by atoms with Gasteiger partial charge in [0.1, 0.15) is 0 Å². The number of ether oxygens (including phenoxy) is 2. The predicted molar refractivity (Wildman–Crippen MR) is 159 cm³/mol. The third-order valence-corrected chi connectivity index (χ3v) is 7.73. The van der Waals surface area contributed by atoms with E-state index in [4.69, 9.17) is 21.1 Å². The molecule has 9 heteroatoms. The monoisotopic (exact) mass is 583 g/mol. The van der Waals surface area contributed by atoms with E-state index in [0.717, 1.165) is 31.5 Å². The number of hydrogen-bond donors (Lipinski definition) is 1. The van der Waals surface area contributed by atoms with Crippen molar-refractivity contribution in [3.8, 4) is 17.0 Å². The lowest BCUT2D eigenvalue weighted by atomic mass is 9.82. The Morgan fingerprint density at radius 3 is 2.46 bits per heavy atom. The zero-order valence-electron chi connectivity index (χ0n) is 24.6. The van der Waals surface area contributed by atoms with Crippen LogP contribution in [0, 0.1) is 18.2 Å². The molecule has 220 valence electrons. The molecular weight excluding hydrogens is 545 g/mol. The molecular formula is C32H39ClFN3O4. The molecule has 1 N–H and O–H groups in total. The molecule has 7 nitrogen and oxygen atoms in total. The summed E-state index contributed by atoms with van der Waals surface area (Å²) in [5, 5.41) is 10.9. The van der Waals surface area contributed by atoms with E-state index in [1.54, 1.807) is 25.4 Å². The Bertz CT molecular complexity index is 1400. The summed E-state index contributed by atoms with van der Waals surface area (Å²) < 4.78 is 27.1. The minimum absolute atomic E-state index is 0.109.